The Bertz CT molecular complexity index is 369. The van der Waals surface area contributed by atoms with Gasteiger partial charge in [-0.3, -0.25) is 0 Å². The molecule has 0 spiro atoms. The highest BCUT2D eigenvalue weighted by atomic mass is 16.7. The Morgan fingerprint density at radius 1 is 1.33 bits per heavy atom. The zero-order valence-electron chi connectivity index (χ0n) is 11.1. The van der Waals surface area contributed by atoms with Crippen LogP contribution in [0.4, 0.5) is 0 Å². The van der Waals surface area contributed by atoms with Crippen molar-refractivity contribution in [3.05, 3.63) is 48.0 Å². The van der Waals surface area contributed by atoms with Crippen LogP contribution >= 0.6 is 0 Å². The monoisotopic (exact) mass is 246 g/mol. The number of ether oxygens (including phenoxy) is 2. The quantitative estimate of drug-likeness (QED) is 0.706. The van der Waals surface area contributed by atoms with Crippen molar-refractivity contribution in [1.29, 1.82) is 0 Å². The van der Waals surface area contributed by atoms with Crippen molar-refractivity contribution >= 4 is 0 Å². The third-order valence-electron chi connectivity index (χ3n) is 3.32. The van der Waals surface area contributed by atoms with Crippen LogP contribution in [-0.2, 0) is 15.9 Å². The van der Waals surface area contributed by atoms with Crippen molar-refractivity contribution in [3.8, 4) is 0 Å². The van der Waals surface area contributed by atoms with E-state index >= 15 is 0 Å². The highest BCUT2D eigenvalue weighted by molar-refractivity contribution is 5.25. The van der Waals surface area contributed by atoms with Gasteiger partial charge in [-0.25, -0.2) is 0 Å². The van der Waals surface area contributed by atoms with Gasteiger partial charge in [0, 0.05) is 13.0 Å². The van der Waals surface area contributed by atoms with Gasteiger partial charge in [0.15, 0.2) is 6.29 Å². The van der Waals surface area contributed by atoms with Crippen molar-refractivity contribution in [2.24, 2.45) is 0 Å². The molecule has 0 amide bonds. The first kappa shape index (κ1) is 13.3. The Labute approximate surface area is 110 Å². The second-order valence-electron chi connectivity index (χ2n) is 4.66. The Morgan fingerprint density at radius 2 is 2.11 bits per heavy atom. The summed E-state index contributed by atoms with van der Waals surface area (Å²) in [6.07, 6.45) is 6.30. The van der Waals surface area contributed by atoms with E-state index in [-0.39, 0.29) is 12.4 Å². The van der Waals surface area contributed by atoms with Crippen LogP contribution in [0.15, 0.2) is 36.9 Å². The lowest BCUT2D eigenvalue weighted by Gasteiger charge is -2.14. The summed E-state index contributed by atoms with van der Waals surface area (Å²) in [6, 6.07) is 8.74. The molecule has 0 aliphatic carbocycles. The van der Waals surface area contributed by atoms with Gasteiger partial charge in [0.2, 0.25) is 0 Å². The molecule has 18 heavy (non-hydrogen) atoms. The molecular formula is C16H22O2. The summed E-state index contributed by atoms with van der Waals surface area (Å²) in [5, 5.41) is 0. The van der Waals surface area contributed by atoms with Gasteiger partial charge in [-0.15, -0.1) is 6.58 Å². The van der Waals surface area contributed by atoms with Crippen LogP contribution in [0, 0.1) is 0 Å². The topological polar surface area (TPSA) is 18.5 Å². The maximum atomic E-state index is 5.87. The lowest BCUT2D eigenvalue weighted by molar-refractivity contribution is -0.131. The smallest absolute Gasteiger partial charge is 0.158 e. The molecule has 0 bridgehead atoms. The molecule has 1 aromatic rings. The maximum Gasteiger partial charge on any atom is 0.158 e. The largest absolute Gasteiger partial charge is 0.353 e. The molecule has 1 fully saturated rings. The molecule has 0 saturated carbocycles. The Kier molecular flexibility index (Phi) is 4.97. The maximum absolute atomic E-state index is 5.87. The van der Waals surface area contributed by atoms with Crippen LogP contribution in [0.2, 0.25) is 0 Å². The zero-order valence-corrected chi connectivity index (χ0v) is 11.1. The van der Waals surface area contributed by atoms with Gasteiger partial charge in [0.25, 0.3) is 0 Å². The third-order valence-corrected chi connectivity index (χ3v) is 3.32. The highest BCUT2D eigenvalue weighted by Gasteiger charge is 2.26. The predicted molar refractivity (Wildman–Crippen MR) is 73.4 cm³/mol. The van der Waals surface area contributed by atoms with E-state index in [1.807, 2.05) is 13.0 Å². The molecule has 1 heterocycles. The van der Waals surface area contributed by atoms with Crippen LogP contribution in [-0.4, -0.2) is 12.9 Å². The molecule has 1 aliphatic heterocycles. The SMILES string of the molecule is C=CCCc1ccc(C2CCC(OCC)O2)cc1. The van der Waals surface area contributed by atoms with Crippen molar-refractivity contribution in [3.63, 3.8) is 0 Å². The van der Waals surface area contributed by atoms with Gasteiger partial charge in [-0.1, -0.05) is 30.3 Å². The van der Waals surface area contributed by atoms with Gasteiger partial charge in [-0.2, -0.15) is 0 Å². The van der Waals surface area contributed by atoms with Gasteiger partial charge in [0.05, 0.1) is 6.10 Å². The third kappa shape index (κ3) is 3.44. The standard InChI is InChI=1S/C16H22O2/c1-3-5-6-13-7-9-14(10-8-13)15-11-12-16(18-15)17-4-2/h3,7-10,15-16H,1,4-6,11-12H2,2H3. The van der Waals surface area contributed by atoms with Crippen molar-refractivity contribution < 1.29 is 9.47 Å². The minimum absolute atomic E-state index is 0.0135. The number of hydrogen-bond donors (Lipinski definition) is 0. The number of rotatable bonds is 6. The molecule has 2 nitrogen and oxygen atoms in total. The summed E-state index contributed by atoms with van der Waals surface area (Å²) in [4.78, 5) is 0. The predicted octanol–water partition coefficient (Wildman–Crippen LogP) is 4.02. The summed E-state index contributed by atoms with van der Waals surface area (Å²) in [7, 11) is 0. The molecule has 0 radical (unpaired) electrons. The fourth-order valence-electron chi connectivity index (χ4n) is 2.33. The molecule has 2 unspecified atom stereocenters. The first-order valence-corrected chi connectivity index (χ1v) is 6.80. The van der Waals surface area contributed by atoms with Gasteiger partial charge in [-0.05, 0) is 37.3 Å². The van der Waals surface area contributed by atoms with E-state index in [0.717, 1.165) is 32.3 Å². The molecule has 98 valence electrons. The molecule has 1 saturated heterocycles. The van der Waals surface area contributed by atoms with Crippen LogP contribution in [0.5, 0.6) is 0 Å². The minimum atomic E-state index is -0.0135. The Balaban J connectivity index is 1.91. The lowest BCUT2D eigenvalue weighted by Crippen LogP contribution is -2.10. The summed E-state index contributed by atoms with van der Waals surface area (Å²) in [5.41, 5.74) is 2.62. The molecule has 2 heteroatoms. The van der Waals surface area contributed by atoms with Crippen LogP contribution in [0.25, 0.3) is 0 Å². The van der Waals surface area contributed by atoms with Gasteiger partial charge in [0.1, 0.15) is 0 Å². The van der Waals surface area contributed by atoms with E-state index in [1.54, 1.807) is 0 Å². The molecule has 2 atom stereocenters. The normalized spacial score (nSPS) is 23.2. The fraction of sp³-hybridized carbons (Fsp3) is 0.500. The second-order valence-corrected chi connectivity index (χ2v) is 4.66. The molecule has 0 N–H and O–H groups in total. The van der Waals surface area contributed by atoms with Crippen molar-refractivity contribution in [2.45, 2.75) is 45.0 Å². The average molecular weight is 246 g/mol. The fourth-order valence-corrected chi connectivity index (χ4v) is 2.33. The van der Waals surface area contributed by atoms with E-state index in [1.165, 1.54) is 11.1 Å². The van der Waals surface area contributed by atoms with E-state index in [4.69, 9.17) is 9.47 Å². The summed E-state index contributed by atoms with van der Waals surface area (Å²) in [5.74, 6) is 0. The van der Waals surface area contributed by atoms with E-state index in [0.29, 0.717) is 0 Å². The number of allylic oxidation sites excluding steroid dienone is 1. The second kappa shape index (κ2) is 6.72. The number of aryl methyl sites for hydroxylation is 1. The van der Waals surface area contributed by atoms with Gasteiger partial charge < -0.3 is 9.47 Å². The number of hydrogen-bond acceptors (Lipinski definition) is 2. The van der Waals surface area contributed by atoms with Crippen LogP contribution in [0.3, 0.4) is 0 Å². The first-order chi connectivity index (χ1) is 8.83. The van der Waals surface area contributed by atoms with E-state index in [9.17, 15) is 0 Å². The Morgan fingerprint density at radius 3 is 2.78 bits per heavy atom. The average Bonchev–Trinajstić information content (AvgIpc) is 2.86. The van der Waals surface area contributed by atoms with Crippen molar-refractivity contribution in [2.75, 3.05) is 6.61 Å². The molecule has 0 aromatic heterocycles. The number of benzene rings is 1. The zero-order chi connectivity index (χ0) is 12.8. The van der Waals surface area contributed by atoms with Crippen LogP contribution in [0.1, 0.15) is 43.4 Å². The Hall–Kier alpha value is -1.12. The van der Waals surface area contributed by atoms with Crippen molar-refractivity contribution in [1.82, 2.24) is 0 Å². The lowest BCUT2D eigenvalue weighted by atomic mass is 10.0. The highest BCUT2D eigenvalue weighted by Crippen LogP contribution is 2.33. The van der Waals surface area contributed by atoms with E-state index < -0.39 is 0 Å². The summed E-state index contributed by atoms with van der Waals surface area (Å²) < 4.78 is 11.4. The molecular weight excluding hydrogens is 224 g/mol. The molecule has 1 aromatic carbocycles. The molecule has 1 aliphatic rings. The summed E-state index contributed by atoms with van der Waals surface area (Å²) >= 11 is 0. The summed E-state index contributed by atoms with van der Waals surface area (Å²) in [6.45, 7) is 6.47. The van der Waals surface area contributed by atoms with E-state index in [2.05, 4.69) is 30.8 Å². The van der Waals surface area contributed by atoms with Gasteiger partial charge >= 0.3 is 0 Å². The first-order valence-electron chi connectivity index (χ1n) is 6.80. The van der Waals surface area contributed by atoms with Crippen LogP contribution < -0.4 is 0 Å². The minimum Gasteiger partial charge on any atom is -0.353 e. The molecule has 2 rings (SSSR count).